The van der Waals surface area contributed by atoms with Crippen molar-refractivity contribution in [3.05, 3.63) is 35.9 Å². The molecule has 0 aliphatic carbocycles. The van der Waals surface area contributed by atoms with Crippen molar-refractivity contribution in [3.8, 4) is 0 Å². The van der Waals surface area contributed by atoms with Gasteiger partial charge in [-0.1, -0.05) is 37.3 Å². The first kappa shape index (κ1) is 18.3. The van der Waals surface area contributed by atoms with Crippen molar-refractivity contribution in [2.24, 2.45) is 5.92 Å². The van der Waals surface area contributed by atoms with Gasteiger partial charge in [0.1, 0.15) is 0 Å². The molecule has 4 heteroatoms. The molecule has 1 N–H and O–H groups in total. The summed E-state index contributed by atoms with van der Waals surface area (Å²) in [5.41, 5.74) is 1.47. The molecule has 0 aromatic heterocycles. The summed E-state index contributed by atoms with van der Waals surface area (Å²) in [6.07, 6.45) is 4.25. The van der Waals surface area contributed by atoms with E-state index in [9.17, 15) is 4.79 Å². The van der Waals surface area contributed by atoms with E-state index in [4.69, 9.17) is 0 Å². The normalized spacial score (nSPS) is 31.3. The molecule has 1 amide bonds. The Kier molecular flexibility index (Phi) is 6.10. The number of halogens is 1. The third-order valence-electron chi connectivity index (χ3n) is 5.45. The summed E-state index contributed by atoms with van der Waals surface area (Å²) >= 11 is 0. The van der Waals surface area contributed by atoms with E-state index in [2.05, 4.69) is 54.4 Å². The second-order valence-electron chi connectivity index (χ2n) is 7.37. The lowest BCUT2D eigenvalue weighted by Gasteiger charge is -2.43. The maximum absolute atomic E-state index is 12.9. The molecule has 2 heterocycles. The van der Waals surface area contributed by atoms with Crippen molar-refractivity contribution in [1.29, 1.82) is 0 Å². The number of piperidine rings is 2. The third-order valence-corrected chi connectivity index (χ3v) is 5.45. The van der Waals surface area contributed by atoms with E-state index in [1.54, 1.807) is 0 Å². The van der Waals surface area contributed by atoms with Crippen LogP contribution in [0, 0.1) is 5.92 Å². The van der Waals surface area contributed by atoms with E-state index in [1.807, 2.05) is 0 Å². The first-order chi connectivity index (χ1) is 10.6. The van der Waals surface area contributed by atoms with Crippen molar-refractivity contribution < 1.29 is 4.79 Å². The molecule has 1 aromatic rings. The minimum atomic E-state index is 0. The zero-order chi connectivity index (χ0) is 15.6. The highest BCUT2D eigenvalue weighted by Crippen LogP contribution is 2.34. The highest BCUT2D eigenvalue weighted by molar-refractivity contribution is 5.85. The van der Waals surface area contributed by atoms with Crippen molar-refractivity contribution in [2.75, 3.05) is 19.6 Å². The molecule has 3 rings (SSSR count). The van der Waals surface area contributed by atoms with Crippen LogP contribution in [0.3, 0.4) is 0 Å². The molecule has 0 saturated carbocycles. The predicted molar refractivity (Wildman–Crippen MR) is 97.0 cm³/mol. The number of carbonyl (C=O) groups is 1. The van der Waals surface area contributed by atoms with Gasteiger partial charge in [0.25, 0.3) is 0 Å². The fourth-order valence-electron chi connectivity index (χ4n) is 4.12. The third kappa shape index (κ3) is 4.07. The quantitative estimate of drug-likeness (QED) is 0.898. The Morgan fingerprint density at radius 1 is 1.30 bits per heavy atom. The second kappa shape index (κ2) is 7.67. The van der Waals surface area contributed by atoms with Gasteiger partial charge in [-0.25, -0.2) is 0 Å². The van der Waals surface area contributed by atoms with Crippen LogP contribution in [-0.4, -0.2) is 36.5 Å². The van der Waals surface area contributed by atoms with E-state index < -0.39 is 0 Å². The van der Waals surface area contributed by atoms with E-state index in [-0.39, 0.29) is 23.7 Å². The van der Waals surface area contributed by atoms with Crippen molar-refractivity contribution in [2.45, 2.75) is 51.0 Å². The van der Waals surface area contributed by atoms with Gasteiger partial charge in [-0.05, 0) is 44.7 Å². The molecule has 2 fully saturated rings. The first-order valence-corrected chi connectivity index (χ1v) is 8.66. The largest absolute Gasteiger partial charge is 0.342 e. The van der Waals surface area contributed by atoms with Crippen LogP contribution in [0.25, 0.3) is 0 Å². The van der Waals surface area contributed by atoms with Crippen LogP contribution in [0.1, 0.15) is 45.1 Å². The topological polar surface area (TPSA) is 32.3 Å². The Morgan fingerprint density at radius 3 is 2.74 bits per heavy atom. The van der Waals surface area contributed by atoms with Gasteiger partial charge in [0.15, 0.2) is 0 Å². The van der Waals surface area contributed by atoms with E-state index in [0.29, 0.717) is 11.9 Å². The first-order valence-electron chi connectivity index (χ1n) is 8.66. The Morgan fingerprint density at radius 2 is 2.04 bits per heavy atom. The summed E-state index contributed by atoms with van der Waals surface area (Å²) in [5, 5.41) is 3.44. The fraction of sp³-hybridized carbons (Fsp3) is 0.632. The lowest BCUT2D eigenvalue weighted by atomic mass is 9.75. The Balaban J connectivity index is 0.00000192. The van der Waals surface area contributed by atoms with Crippen LogP contribution in [-0.2, 0) is 10.2 Å². The Hall–Kier alpha value is -1.06. The van der Waals surface area contributed by atoms with Crippen LogP contribution in [0.4, 0.5) is 0 Å². The van der Waals surface area contributed by atoms with Gasteiger partial charge >= 0.3 is 0 Å². The molecule has 0 spiro atoms. The summed E-state index contributed by atoms with van der Waals surface area (Å²) in [6, 6.07) is 11.2. The highest BCUT2D eigenvalue weighted by atomic mass is 35.5. The van der Waals surface area contributed by atoms with Crippen molar-refractivity contribution in [3.63, 3.8) is 0 Å². The van der Waals surface area contributed by atoms with E-state index >= 15 is 0 Å². The molecule has 0 radical (unpaired) electrons. The lowest BCUT2D eigenvalue weighted by molar-refractivity contribution is -0.138. The van der Waals surface area contributed by atoms with Crippen LogP contribution in [0.15, 0.2) is 30.3 Å². The molecule has 2 saturated heterocycles. The SMILES string of the molecule is C[C@H]1C[C@@H](C(=O)N2CCCC(C)(c3ccccc3)C2)CCN1.Cl. The van der Waals surface area contributed by atoms with Crippen LogP contribution < -0.4 is 5.32 Å². The molecule has 3 nitrogen and oxygen atoms in total. The molecular formula is C19H29ClN2O. The minimum Gasteiger partial charge on any atom is -0.342 e. The molecule has 1 aromatic carbocycles. The summed E-state index contributed by atoms with van der Waals surface area (Å²) in [4.78, 5) is 15.1. The van der Waals surface area contributed by atoms with Gasteiger partial charge in [0, 0.05) is 30.5 Å². The van der Waals surface area contributed by atoms with Gasteiger partial charge in [0.05, 0.1) is 0 Å². The zero-order valence-corrected chi connectivity index (χ0v) is 15.1. The predicted octanol–water partition coefficient (Wildman–Crippen LogP) is 3.38. The molecule has 2 aliphatic rings. The summed E-state index contributed by atoms with van der Waals surface area (Å²) < 4.78 is 0. The highest BCUT2D eigenvalue weighted by Gasteiger charge is 2.37. The lowest BCUT2D eigenvalue weighted by Crippen LogP contribution is -2.51. The summed E-state index contributed by atoms with van der Waals surface area (Å²) in [6.45, 7) is 7.27. The average Bonchev–Trinajstić information content (AvgIpc) is 2.55. The Bertz CT molecular complexity index is 521. The van der Waals surface area contributed by atoms with Crippen LogP contribution >= 0.6 is 12.4 Å². The van der Waals surface area contributed by atoms with Crippen LogP contribution in [0.2, 0.25) is 0 Å². The number of nitrogens with zero attached hydrogens (tertiary/aromatic N) is 1. The van der Waals surface area contributed by atoms with Gasteiger partial charge in [-0.15, -0.1) is 12.4 Å². The molecule has 2 aliphatic heterocycles. The molecular weight excluding hydrogens is 308 g/mol. The van der Waals surface area contributed by atoms with Crippen molar-refractivity contribution in [1.82, 2.24) is 10.2 Å². The smallest absolute Gasteiger partial charge is 0.225 e. The number of hydrogen-bond acceptors (Lipinski definition) is 2. The number of amides is 1. The maximum atomic E-state index is 12.9. The molecule has 1 unspecified atom stereocenters. The van der Waals surface area contributed by atoms with Gasteiger partial charge < -0.3 is 10.2 Å². The summed E-state index contributed by atoms with van der Waals surface area (Å²) in [7, 11) is 0. The standard InChI is InChI=1S/C19H28N2O.ClH/c1-15-13-16(9-11-20-15)18(22)21-12-6-10-19(2,14-21)17-7-4-3-5-8-17;/h3-5,7-8,15-16,20H,6,9-14H2,1-2H3;1H/t15-,16-,19?;/m0./s1. The Labute approximate surface area is 146 Å². The van der Waals surface area contributed by atoms with Gasteiger partial charge in [0.2, 0.25) is 5.91 Å². The number of likely N-dealkylation sites (tertiary alicyclic amines) is 1. The van der Waals surface area contributed by atoms with E-state index in [1.165, 1.54) is 12.0 Å². The maximum Gasteiger partial charge on any atom is 0.225 e. The van der Waals surface area contributed by atoms with Crippen LogP contribution in [0.5, 0.6) is 0 Å². The number of nitrogens with one attached hydrogen (secondary N) is 1. The number of rotatable bonds is 2. The second-order valence-corrected chi connectivity index (χ2v) is 7.37. The van der Waals surface area contributed by atoms with Crippen molar-refractivity contribution >= 4 is 18.3 Å². The molecule has 0 bridgehead atoms. The summed E-state index contributed by atoms with van der Waals surface area (Å²) in [5.74, 6) is 0.601. The number of carbonyl (C=O) groups excluding carboxylic acids is 1. The molecule has 128 valence electrons. The molecule has 23 heavy (non-hydrogen) atoms. The number of hydrogen-bond donors (Lipinski definition) is 1. The fourth-order valence-corrected chi connectivity index (χ4v) is 4.12. The van der Waals surface area contributed by atoms with Gasteiger partial charge in [-0.2, -0.15) is 0 Å². The average molecular weight is 337 g/mol. The van der Waals surface area contributed by atoms with Gasteiger partial charge in [-0.3, -0.25) is 4.79 Å². The minimum absolute atomic E-state index is 0. The monoisotopic (exact) mass is 336 g/mol. The zero-order valence-electron chi connectivity index (χ0n) is 14.3. The molecule has 3 atom stereocenters. The van der Waals surface area contributed by atoms with E-state index in [0.717, 1.165) is 38.9 Å². The number of benzene rings is 1.